The summed E-state index contributed by atoms with van der Waals surface area (Å²) in [4.78, 5) is 12.7. The van der Waals surface area contributed by atoms with Crippen LogP contribution in [0.15, 0.2) is 47.6 Å². The van der Waals surface area contributed by atoms with Gasteiger partial charge in [0.05, 0.1) is 16.4 Å². The van der Waals surface area contributed by atoms with E-state index in [1.165, 1.54) is 5.56 Å². The summed E-state index contributed by atoms with van der Waals surface area (Å²) in [6.07, 6.45) is 1.83. The topological polar surface area (TPSA) is 50.2 Å². The maximum atomic E-state index is 4.67. The predicted octanol–water partition coefficient (Wildman–Crippen LogP) is 4.38. The fraction of sp³-hybridized carbons (Fsp3) is 0.118. The zero-order valence-electron chi connectivity index (χ0n) is 12.3. The molecule has 3 aromatic rings. The Hall–Kier alpha value is -2.62. The maximum Gasteiger partial charge on any atom is 0.222 e. The quantitative estimate of drug-likeness (QED) is 0.576. The monoisotopic (exact) mass is 306 g/mol. The summed E-state index contributed by atoms with van der Waals surface area (Å²) in [7, 11) is 1.81. The predicted molar refractivity (Wildman–Crippen MR) is 93.9 cm³/mol. The first kappa shape index (κ1) is 14.3. The van der Waals surface area contributed by atoms with Crippen LogP contribution in [-0.2, 0) is 0 Å². The summed E-state index contributed by atoms with van der Waals surface area (Å²) in [6.45, 7) is 2.07. The van der Waals surface area contributed by atoms with Crippen molar-refractivity contribution in [2.24, 2.45) is 4.99 Å². The maximum absolute atomic E-state index is 4.67. The second-order valence-electron chi connectivity index (χ2n) is 4.92. The first-order valence-corrected chi connectivity index (χ1v) is 7.25. The van der Waals surface area contributed by atoms with Crippen molar-refractivity contribution >= 4 is 39.9 Å². The van der Waals surface area contributed by atoms with Crippen LogP contribution in [0.4, 0.5) is 11.6 Å². The number of rotatable bonds is 3. The minimum atomic E-state index is 0.619. The number of aryl methyl sites for hydroxylation is 1. The van der Waals surface area contributed by atoms with Crippen molar-refractivity contribution < 1.29 is 0 Å². The highest BCUT2D eigenvalue weighted by atomic mass is 32.1. The minimum Gasteiger partial charge on any atom is -0.357 e. The molecule has 0 fully saturated rings. The molecular formula is C17H14N4S. The van der Waals surface area contributed by atoms with Gasteiger partial charge in [-0.1, -0.05) is 12.1 Å². The highest BCUT2D eigenvalue weighted by molar-refractivity contribution is 7.78. The molecule has 3 rings (SSSR count). The Labute approximate surface area is 134 Å². The molecule has 0 atom stereocenters. The Morgan fingerprint density at radius 1 is 1.18 bits per heavy atom. The molecule has 0 aliphatic heterocycles. The Morgan fingerprint density at radius 3 is 2.82 bits per heavy atom. The van der Waals surface area contributed by atoms with Crippen molar-refractivity contribution in [3.8, 4) is 11.1 Å². The summed E-state index contributed by atoms with van der Waals surface area (Å²) < 4.78 is 0. The molecule has 1 N–H and O–H groups in total. The van der Waals surface area contributed by atoms with E-state index >= 15 is 0 Å². The first-order chi connectivity index (χ1) is 10.7. The van der Waals surface area contributed by atoms with Crippen molar-refractivity contribution in [2.45, 2.75) is 6.92 Å². The van der Waals surface area contributed by atoms with Crippen molar-refractivity contribution in [3.05, 3.63) is 48.2 Å². The van der Waals surface area contributed by atoms with Gasteiger partial charge < -0.3 is 5.32 Å². The second kappa shape index (κ2) is 6.02. The summed E-state index contributed by atoms with van der Waals surface area (Å²) in [5.41, 5.74) is 5.11. The van der Waals surface area contributed by atoms with Gasteiger partial charge in [0, 0.05) is 18.6 Å². The number of aliphatic imine (C=N–C) groups is 1. The molecule has 108 valence electrons. The number of aromatic nitrogens is 2. The van der Waals surface area contributed by atoms with E-state index in [-0.39, 0.29) is 0 Å². The number of isothiocyanates is 1. The largest absolute Gasteiger partial charge is 0.357 e. The van der Waals surface area contributed by atoms with Gasteiger partial charge in [0.25, 0.3) is 0 Å². The van der Waals surface area contributed by atoms with Crippen LogP contribution in [0.2, 0.25) is 0 Å². The van der Waals surface area contributed by atoms with Gasteiger partial charge in [0.15, 0.2) is 0 Å². The molecule has 0 saturated carbocycles. The third-order valence-electron chi connectivity index (χ3n) is 3.51. The average molecular weight is 306 g/mol. The normalized spacial score (nSPS) is 10.3. The molecule has 0 radical (unpaired) electrons. The molecule has 0 amide bonds. The van der Waals surface area contributed by atoms with Gasteiger partial charge in [-0.3, -0.25) is 0 Å². The molecule has 2 aromatic carbocycles. The average Bonchev–Trinajstić information content (AvgIpc) is 2.56. The van der Waals surface area contributed by atoms with Gasteiger partial charge in [-0.15, -0.1) is 0 Å². The van der Waals surface area contributed by atoms with Gasteiger partial charge in [-0.05, 0) is 60.1 Å². The Bertz CT molecular complexity index is 898. The molecule has 0 saturated heterocycles. The molecule has 22 heavy (non-hydrogen) atoms. The molecule has 0 aliphatic rings. The van der Waals surface area contributed by atoms with Crippen LogP contribution in [0.3, 0.4) is 0 Å². The van der Waals surface area contributed by atoms with E-state index in [4.69, 9.17) is 0 Å². The molecule has 4 nitrogen and oxygen atoms in total. The summed E-state index contributed by atoms with van der Waals surface area (Å²) in [5.74, 6) is 0.619. The van der Waals surface area contributed by atoms with Gasteiger partial charge in [-0.25, -0.2) is 9.97 Å². The van der Waals surface area contributed by atoms with Crippen LogP contribution < -0.4 is 5.32 Å². The standard InChI is InChI=1S/C17H14N4S/c1-11-3-5-14(20-10-22)8-15(11)12-4-6-16-13(7-12)9-19-17(18-2)21-16/h3-9H,1-2H3,(H,18,19,21). The van der Waals surface area contributed by atoms with E-state index in [9.17, 15) is 0 Å². The zero-order chi connectivity index (χ0) is 15.5. The molecule has 0 unspecified atom stereocenters. The van der Waals surface area contributed by atoms with Gasteiger partial charge in [0.1, 0.15) is 0 Å². The molecule has 1 aromatic heterocycles. The molecule has 1 heterocycles. The smallest absolute Gasteiger partial charge is 0.222 e. The zero-order valence-corrected chi connectivity index (χ0v) is 13.1. The van der Waals surface area contributed by atoms with Gasteiger partial charge in [0.2, 0.25) is 5.95 Å². The lowest BCUT2D eigenvalue weighted by atomic mass is 9.99. The van der Waals surface area contributed by atoms with Crippen LogP contribution in [0, 0.1) is 6.92 Å². The van der Waals surface area contributed by atoms with E-state index in [1.54, 1.807) is 7.05 Å². The van der Waals surface area contributed by atoms with Crippen LogP contribution in [0.5, 0.6) is 0 Å². The third-order valence-corrected chi connectivity index (χ3v) is 3.60. The fourth-order valence-electron chi connectivity index (χ4n) is 2.36. The molecule has 0 spiro atoms. The van der Waals surface area contributed by atoms with Crippen molar-refractivity contribution in [1.82, 2.24) is 9.97 Å². The Balaban J connectivity index is 2.14. The molecule has 0 aliphatic carbocycles. The van der Waals surface area contributed by atoms with Crippen molar-refractivity contribution in [3.63, 3.8) is 0 Å². The van der Waals surface area contributed by atoms with E-state index in [2.05, 4.69) is 56.7 Å². The van der Waals surface area contributed by atoms with E-state index in [0.717, 1.165) is 27.7 Å². The summed E-state index contributed by atoms with van der Waals surface area (Å²) in [6, 6.07) is 12.1. The number of nitrogens with one attached hydrogen (secondary N) is 1. The lowest BCUT2D eigenvalue weighted by Gasteiger charge is -2.08. The lowest BCUT2D eigenvalue weighted by molar-refractivity contribution is 1.19. The van der Waals surface area contributed by atoms with Crippen LogP contribution >= 0.6 is 12.2 Å². The van der Waals surface area contributed by atoms with Gasteiger partial charge >= 0.3 is 0 Å². The van der Waals surface area contributed by atoms with E-state index in [0.29, 0.717) is 5.95 Å². The van der Waals surface area contributed by atoms with Gasteiger partial charge in [-0.2, -0.15) is 4.99 Å². The Morgan fingerprint density at radius 2 is 2.05 bits per heavy atom. The van der Waals surface area contributed by atoms with Crippen LogP contribution in [-0.4, -0.2) is 22.2 Å². The van der Waals surface area contributed by atoms with Crippen molar-refractivity contribution in [2.75, 3.05) is 12.4 Å². The third kappa shape index (κ3) is 2.72. The SMILES string of the molecule is CNc1ncc2cc(-c3cc(N=C=S)ccc3C)ccc2n1. The minimum absolute atomic E-state index is 0.619. The molecule has 0 bridgehead atoms. The second-order valence-corrected chi connectivity index (χ2v) is 5.10. The number of hydrogen-bond acceptors (Lipinski definition) is 5. The highest BCUT2D eigenvalue weighted by Crippen LogP contribution is 2.29. The van der Waals surface area contributed by atoms with Crippen LogP contribution in [0.25, 0.3) is 22.0 Å². The lowest BCUT2D eigenvalue weighted by Crippen LogP contribution is -1.95. The molecule has 5 heteroatoms. The Kier molecular flexibility index (Phi) is 3.92. The number of thiocarbonyl (C=S) groups is 1. The highest BCUT2D eigenvalue weighted by Gasteiger charge is 2.06. The summed E-state index contributed by atoms with van der Waals surface area (Å²) >= 11 is 4.67. The van der Waals surface area contributed by atoms with E-state index < -0.39 is 0 Å². The van der Waals surface area contributed by atoms with Crippen molar-refractivity contribution in [1.29, 1.82) is 0 Å². The van der Waals surface area contributed by atoms with Crippen LogP contribution in [0.1, 0.15) is 5.56 Å². The first-order valence-electron chi connectivity index (χ1n) is 6.85. The number of benzene rings is 2. The molecular weight excluding hydrogens is 292 g/mol. The fourth-order valence-corrected chi connectivity index (χ4v) is 2.47. The van der Waals surface area contributed by atoms with E-state index in [1.807, 2.05) is 30.5 Å². The summed E-state index contributed by atoms with van der Waals surface area (Å²) in [5, 5.41) is 6.35. The number of anilines is 1. The number of fused-ring (bicyclic) bond motifs is 1. The number of nitrogens with zero attached hydrogens (tertiary/aromatic N) is 3. The number of hydrogen-bond donors (Lipinski definition) is 1.